The van der Waals surface area contributed by atoms with Gasteiger partial charge in [0, 0.05) is 37.5 Å². The van der Waals surface area contributed by atoms with Crippen LogP contribution in [-0.4, -0.2) is 39.4 Å². The smallest absolute Gasteiger partial charge is 0.157 e. The van der Waals surface area contributed by atoms with Crippen molar-refractivity contribution in [3.63, 3.8) is 0 Å². The number of rotatable bonds is 3. The van der Waals surface area contributed by atoms with Gasteiger partial charge in [0.1, 0.15) is 5.82 Å². The highest BCUT2D eigenvalue weighted by Crippen LogP contribution is 2.25. The van der Waals surface area contributed by atoms with Crippen LogP contribution in [0.1, 0.15) is 30.7 Å². The summed E-state index contributed by atoms with van der Waals surface area (Å²) in [5.41, 5.74) is 2.94. The molecular weight excluding hydrogens is 252 g/mol. The summed E-state index contributed by atoms with van der Waals surface area (Å²) in [5.74, 6) is 1.71. The van der Waals surface area contributed by atoms with Crippen molar-refractivity contribution >= 4 is 11.5 Å². The first-order valence-corrected chi connectivity index (χ1v) is 7.37. The first kappa shape index (κ1) is 13.4. The maximum atomic E-state index is 9.15. The van der Waals surface area contributed by atoms with Crippen molar-refractivity contribution in [2.24, 2.45) is 5.92 Å². The number of hydrogen-bond donors (Lipinski definition) is 1. The molecule has 0 aromatic carbocycles. The normalized spacial score (nSPS) is 19.8. The molecule has 5 nitrogen and oxygen atoms in total. The van der Waals surface area contributed by atoms with Gasteiger partial charge in [0.05, 0.1) is 5.69 Å². The Labute approximate surface area is 119 Å². The van der Waals surface area contributed by atoms with Crippen LogP contribution < -0.4 is 4.90 Å². The lowest BCUT2D eigenvalue weighted by Gasteiger charge is -2.34. The second-order valence-electron chi connectivity index (χ2n) is 5.78. The van der Waals surface area contributed by atoms with Crippen molar-refractivity contribution in [1.82, 2.24) is 14.6 Å². The molecule has 20 heavy (non-hydrogen) atoms. The van der Waals surface area contributed by atoms with Gasteiger partial charge in [0.2, 0.25) is 0 Å². The van der Waals surface area contributed by atoms with E-state index in [2.05, 4.69) is 21.0 Å². The first-order chi connectivity index (χ1) is 9.67. The van der Waals surface area contributed by atoms with Crippen molar-refractivity contribution < 1.29 is 5.11 Å². The summed E-state index contributed by atoms with van der Waals surface area (Å²) in [6.45, 7) is 6.36. The van der Waals surface area contributed by atoms with E-state index in [9.17, 15) is 0 Å². The van der Waals surface area contributed by atoms with Gasteiger partial charge in [-0.1, -0.05) is 0 Å². The fourth-order valence-electron chi connectivity index (χ4n) is 3.11. The van der Waals surface area contributed by atoms with Gasteiger partial charge < -0.3 is 10.0 Å². The van der Waals surface area contributed by atoms with Crippen molar-refractivity contribution in [2.45, 2.75) is 33.1 Å². The molecule has 0 radical (unpaired) electrons. The minimum Gasteiger partial charge on any atom is -0.396 e. The average molecular weight is 274 g/mol. The van der Waals surface area contributed by atoms with E-state index in [1.807, 2.05) is 24.4 Å². The summed E-state index contributed by atoms with van der Waals surface area (Å²) in [6.07, 6.45) is 3.28. The molecule has 108 valence electrons. The quantitative estimate of drug-likeness (QED) is 0.929. The van der Waals surface area contributed by atoms with Crippen LogP contribution in [0, 0.1) is 19.8 Å². The third kappa shape index (κ3) is 2.50. The molecule has 2 aromatic rings. The molecule has 0 saturated carbocycles. The van der Waals surface area contributed by atoms with Crippen LogP contribution in [0.15, 0.2) is 12.1 Å². The number of aliphatic hydroxyl groups is 1. The second-order valence-corrected chi connectivity index (χ2v) is 5.78. The number of aliphatic hydroxyl groups excluding tert-OH is 1. The van der Waals surface area contributed by atoms with Crippen molar-refractivity contribution in [3.8, 4) is 0 Å². The number of hydrogen-bond acceptors (Lipinski definition) is 4. The Morgan fingerprint density at radius 1 is 1.30 bits per heavy atom. The second kappa shape index (κ2) is 5.40. The predicted molar refractivity (Wildman–Crippen MR) is 79.1 cm³/mol. The topological polar surface area (TPSA) is 53.7 Å². The molecule has 1 unspecified atom stereocenters. The van der Waals surface area contributed by atoms with Gasteiger partial charge in [-0.3, -0.25) is 0 Å². The summed E-state index contributed by atoms with van der Waals surface area (Å²) < 4.78 is 1.95. The number of aromatic nitrogens is 3. The van der Waals surface area contributed by atoms with E-state index in [0.717, 1.165) is 42.4 Å². The van der Waals surface area contributed by atoms with Crippen LogP contribution >= 0.6 is 0 Å². The molecule has 0 spiro atoms. The maximum absolute atomic E-state index is 9.15. The van der Waals surface area contributed by atoms with Gasteiger partial charge >= 0.3 is 0 Å². The number of anilines is 1. The molecule has 1 aliphatic rings. The number of fused-ring (bicyclic) bond motifs is 1. The minimum atomic E-state index is 0.282. The molecule has 0 amide bonds. The Kier molecular flexibility index (Phi) is 3.61. The number of aryl methyl sites for hydroxylation is 2. The van der Waals surface area contributed by atoms with E-state index in [-0.39, 0.29) is 6.61 Å². The van der Waals surface area contributed by atoms with E-state index in [1.165, 1.54) is 12.8 Å². The van der Waals surface area contributed by atoms with Gasteiger partial charge in [-0.05, 0) is 39.0 Å². The Bertz CT molecular complexity index is 605. The highest BCUT2D eigenvalue weighted by molar-refractivity contribution is 5.52. The number of nitrogens with zero attached hydrogens (tertiary/aromatic N) is 4. The molecule has 1 saturated heterocycles. The summed E-state index contributed by atoms with van der Waals surface area (Å²) in [5, 5.41) is 13.7. The molecule has 1 fully saturated rings. The molecule has 3 rings (SSSR count). The zero-order chi connectivity index (χ0) is 14.1. The van der Waals surface area contributed by atoms with Crippen LogP contribution in [0.25, 0.3) is 5.65 Å². The highest BCUT2D eigenvalue weighted by atomic mass is 16.3. The standard InChI is InChI=1S/C15H22N4O/c1-11-9-15(19-14(16-11)8-12(2)17-19)18-6-3-4-13(10-18)5-7-20/h8-9,13,20H,3-7,10H2,1-2H3. The zero-order valence-electron chi connectivity index (χ0n) is 12.2. The Balaban J connectivity index is 1.96. The lowest BCUT2D eigenvalue weighted by atomic mass is 9.95. The minimum absolute atomic E-state index is 0.282. The van der Waals surface area contributed by atoms with E-state index < -0.39 is 0 Å². The van der Waals surface area contributed by atoms with Crippen LogP contribution in [0.5, 0.6) is 0 Å². The van der Waals surface area contributed by atoms with Crippen LogP contribution in [0.4, 0.5) is 5.82 Å². The molecular formula is C15H22N4O. The lowest BCUT2D eigenvalue weighted by molar-refractivity contribution is 0.244. The van der Waals surface area contributed by atoms with Crippen molar-refractivity contribution in [3.05, 3.63) is 23.5 Å². The van der Waals surface area contributed by atoms with Crippen LogP contribution in [0.2, 0.25) is 0 Å². The summed E-state index contributed by atoms with van der Waals surface area (Å²) in [6, 6.07) is 4.13. The zero-order valence-corrected chi connectivity index (χ0v) is 12.2. The Morgan fingerprint density at radius 3 is 2.95 bits per heavy atom. The average Bonchev–Trinajstić information content (AvgIpc) is 2.78. The monoisotopic (exact) mass is 274 g/mol. The van der Waals surface area contributed by atoms with E-state index in [0.29, 0.717) is 5.92 Å². The van der Waals surface area contributed by atoms with E-state index in [4.69, 9.17) is 5.11 Å². The highest BCUT2D eigenvalue weighted by Gasteiger charge is 2.22. The third-order valence-electron chi connectivity index (χ3n) is 4.04. The molecule has 1 atom stereocenters. The van der Waals surface area contributed by atoms with Crippen molar-refractivity contribution in [1.29, 1.82) is 0 Å². The molecule has 0 bridgehead atoms. The fourth-order valence-corrected chi connectivity index (χ4v) is 3.11. The van der Waals surface area contributed by atoms with E-state index >= 15 is 0 Å². The van der Waals surface area contributed by atoms with Gasteiger partial charge in [-0.2, -0.15) is 9.61 Å². The van der Waals surface area contributed by atoms with Gasteiger partial charge in [0.25, 0.3) is 0 Å². The van der Waals surface area contributed by atoms with Crippen LogP contribution in [-0.2, 0) is 0 Å². The molecule has 1 aliphatic heterocycles. The first-order valence-electron chi connectivity index (χ1n) is 7.37. The predicted octanol–water partition coefficient (Wildman–Crippen LogP) is 1.94. The van der Waals surface area contributed by atoms with Crippen LogP contribution in [0.3, 0.4) is 0 Å². The molecule has 3 heterocycles. The van der Waals surface area contributed by atoms with Crippen molar-refractivity contribution in [2.75, 3.05) is 24.6 Å². The van der Waals surface area contributed by atoms with Gasteiger partial charge in [-0.15, -0.1) is 0 Å². The molecule has 0 aliphatic carbocycles. The molecule has 5 heteroatoms. The summed E-state index contributed by atoms with van der Waals surface area (Å²) in [7, 11) is 0. The molecule has 1 N–H and O–H groups in total. The summed E-state index contributed by atoms with van der Waals surface area (Å²) >= 11 is 0. The largest absolute Gasteiger partial charge is 0.396 e. The molecule has 2 aromatic heterocycles. The third-order valence-corrected chi connectivity index (χ3v) is 4.04. The fraction of sp³-hybridized carbons (Fsp3) is 0.600. The van der Waals surface area contributed by atoms with Gasteiger partial charge in [0.15, 0.2) is 5.65 Å². The lowest BCUT2D eigenvalue weighted by Crippen LogP contribution is -2.37. The van der Waals surface area contributed by atoms with E-state index in [1.54, 1.807) is 0 Å². The SMILES string of the molecule is Cc1cc(N2CCCC(CCO)C2)n2nc(C)cc2n1. The van der Waals surface area contributed by atoms with Gasteiger partial charge in [-0.25, -0.2) is 4.98 Å². The summed E-state index contributed by atoms with van der Waals surface area (Å²) in [4.78, 5) is 6.93. The number of piperidine rings is 1. The Morgan fingerprint density at radius 2 is 2.15 bits per heavy atom. The maximum Gasteiger partial charge on any atom is 0.157 e. The Hall–Kier alpha value is -1.62.